The van der Waals surface area contributed by atoms with Gasteiger partial charge in [0.1, 0.15) is 6.10 Å². The molecule has 4 N–H and O–H groups in total. The molecule has 1 aromatic rings. The number of amides is 1. The highest BCUT2D eigenvalue weighted by Crippen LogP contribution is 2.28. The third kappa shape index (κ3) is 2.46. The van der Waals surface area contributed by atoms with Gasteiger partial charge in [-0.05, 0) is 21.5 Å². The van der Waals surface area contributed by atoms with E-state index in [1.165, 1.54) is 18.2 Å². The maximum absolute atomic E-state index is 10.7. The Balaban J connectivity index is 3.13. The van der Waals surface area contributed by atoms with Gasteiger partial charge in [0.2, 0.25) is 5.91 Å². The number of aldehydes is 1. The lowest BCUT2D eigenvalue weighted by molar-refractivity contribution is -0.132. The number of halogens is 1. The second kappa shape index (κ2) is 5.20. The van der Waals surface area contributed by atoms with Gasteiger partial charge in [0, 0.05) is 10.0 Å². The molecule has 0 heterocycles. The van der Waals surface area contributed by atoms with E-state index in [4.69, 9.17) is 5.73 Å². The standard InChI is InChI=1S/C10H10BrNO4/c11-7-5(4-13)2-1-3-6(7)8(14)9(15)10(12)16/h1-4,8-9,14-15H,(H2,12,16). The maximum atomic E-state index is 10.7. The number of rotatable bonds is 4. The van der Waals surface area contributed by atoms with Crippen molar-refractivity contribution in [3.63, 3.8) is 0 Å². The molecule has 0 fully saturated rings. The minimum Gasteiger partial charge on any atom is -0.385 e. The first-order chi connectivity index (χ1) is 7.49. The van der Waals surface area contributed by atoms with Gasteiger partial charge in [-0.15, -0.1) is 0 Å². The van der Waals surface area contributed by atoms with Gasteiger partial charge in [-0.25, -0.2) is 0 Å². The molecule has 0 aliphatic carbocycles. The summed E-state index contributed by atoms with van der Waals surface area (Å²) in [5.41, 5.74) is 5.41. The summed E-state index contributed by atoms with van der Waals surface area (Å²) in [4.78, 5) is 21.3. The first-order valence-corrected chi connectivity index (χ1v) is 5.17. The lowest BCUT2D eigenvalue weighted by atomic mass is 10.0. The summed E-state index contributed by atoms with van der Waals surface area (Å²) in [7, 11) is 0. The molecule has 0 aromatic heterocycles. The first-order valence-electron chi connectivity index (χ1n) is 4.38. The average molecular weight is 288 g/mol. The molecule has 0 saturated heterocycles. The number of carbonyl (C=O) groups is 2. The van der Waals surface area contributed by atoms with Gasteiger partial charge >= 0.3 is 0 Å². The Morgan fingerprint density at radius 3 is 2.56 bits per heavy atom. The Morgan fingerprint density at radius 2 is 2.06 bits per heavy atom. The molecule has 1 rings (SSSR count). The molecule has 1 aromatic carbocycles. The number of aliphatic hydroxyl groups excluding tert-OH is 2. The first kappa shape index (κ1) is 12.8. The van der Waals surface area contributed by atoms with Gasteiger partial charge in [-0.2, -0.15) is 0 Å². The van der Waals surface area contributed by atoms with Gasteiger partial charge in [-0.1, -0.05) is 18.2 Å². The van der Waals surface area contributed by atoms with Crippen molar-refractivity contribution < 1.29 is 19.8 Å². The fourth-order valence-electron chi connectivity index (χ4n) is 1.21. The van der Waals surface area contributed by atoms with Gasteiger partial charge in [0.05, 0.1) is 0 Å². The van der Waals surface area contributed by atoms with Gasteiger partial charge in [0.15, 0.2) is 12.4 Å². The highest BCUT2D eigenvalue weighted by molar-refractivity contribution is 9.10. The van der Waals surface area contributed by atoms with Crippen LogP contribution in [0.1, 0.15) is 22.0 Å². The molecule has 5 nitrogen and oxygen atoms in total. The number of primary amides is 1. The van der Waals surface area contributed by atoms with Crippen LogP contribution < -0.4 is 5.73 Å². The summed E-state index contributed by atoms with van der Waals surface area (Å²) in [6, 6.07) is 4.54. The molecule has 0 saturated carbocycles. The minimum absolute atomic E-state index is 0.232. The monoisotopic (exact) mass is 287 g/mol. The lowest BCUT2D eigenvalue weighted by Crippen LogP contribution is -2.34. The van der Waals surface area contributed by atoms with Crippen molar-refractivity contribution in [2.75, 3.05) is 0 Å². The Kier molecular flexibility index (Phi) is 4.17. The van der Waals surface area contributed by atoms with Crippen LogP contribution >= 0.6 is 15.9 Å². The van der Waals surface area contributed by atoms with Crippen LogP contribution in [-0.4, -0.2) is 28.5 Å². The molecule has 86 valence electrons. The average Bonchev–Trinajstić information content (AvgIpc) is 2.27. The van der Waals surface area contributed by atoms with Gasteiger partial charge < -0.3 is 15.9 Å². The van der Waals surface area contributed by atoms with Crippen LogP contribution in [0.15, 0.2) is 22.7 Å². The Morgan fingerprint density at radius 1 is 1.44 bits per heavy atom. The topological polar surface area (TPSA) is 101 Å². The number of benzene rings is 1. The van der Waals surface area contributed by atoms with Crippen LogP contribution in [-0.2, 0) is 4.79 Å². The minimum atomic E-state index is -1.71. The van der Waals surface area contributed by atoms with E-state index in [-0.39, 0.29) is 5.56 Å². The van der Waals surface area contributed by atoms with Crippen molar-refractivity contribution >= 4 is 28.1 Å². The van der Waals surface area contributed by atoms with Crippen molar-refractivity contribution in [3.8, 4) is 0 Å². The molecule has 2 unspecified atom stereocenters. The Bertz CT molecular complexity index is 421. The second-order valence-corrected chi connectivity index (χ2v) is 3.95. The van der Waals surface area contributed by atoms with E-state index in [2.05, 4.69) is 15.9 Å². The van der Waals surface area contributed by atoms with Crippen molar-refractivity contribution in [2.45, 2.75) is 12.2 Å². The van der Waals surface area contributed by atoms with Gasteiger partial charge in [-0.3, -0.25) is 9.59 Å². The molecular formula is C10H10BrNO4. The van der Waals surface area contributed by atoms with E-state index in [9.17, 15) is 19.8 Å². The third-order valence-corrected chi connectivity index (χ3v) is 3.01. The fourth-order valence-corrected chi connectivity index (χ4v) is 1.81. The van der Waals surface area contributed by atoms with Crippen LogP contribution in [0.3, 0.4) is 0 Å². The van der Waals surface area contributed by atoms with E-state index in [1.807, 2.05) is 0 Å². The van der Waals surface area contributed by atoms with Crippen molar-refractivity contribution in [1.29, 1.82) is 0 Å². The largest absolute Gasteiger partial charge is 0.385 e. The molecule has 0 aliphatic heterocycles. The molecule has 1 amide bonds. The molecule has 0 spiro atoms. The maximum Gasteiger partial charge on any atom is 0.249 e. The quantitative estimate of drug-likeness (QED) is 0.686. The smallest absolute Gasteiger partial charge is 0.249 e. The molecule has 0 aliphatic rings. The van der Waals surface area contributed by atoms with Crippen LogP contribution in [0, 0.1) is 0 Å². The summed E-state index contributed by atoms with van der Waals surface area (Å²) >= 11 is 3.10. The summed E-state index contributed by atoms with van der Waals surface area (Å²) in [5, 5.41) is 19.0. The zero-order chi connectivity index (χ0) is 12.3. The number of carbonyl (C=O) groups excluding carboxylic acids is 2. The predicted molar refractivity (Wildman–Crippen MR) is 59.7 cm³/mol. The summed E-state index contributed by atoms with van der Waals surface area (Å²) in [6.07, 6.45) is -2.58. The van der Waals surface area contributed by atoms with E-state index in [0.29, 0.717) is 16.3 Å². The van der Waals surface area contributed by atoms with Crippen molar-refractivity contribution in [3.05, 3.63) is 33.8 Å². The molecule has 6 heteroatoms. The number of hydrogen-bond donors (Lipinski definition) is 3. The van der Waals surface area contributed by atoms with E-state index < -0.39 is 18.1 Å². The number of nitrogens with two attached hydrogens (primary N) is 1. The second-order valence-electron chi connectivity index (χ2n) is 3.16. The van der Waals surface area contributed by atoms with Crippen molar-refractivity contribution in [1.82, 2.24) is 0 Å². The predicted octanol–water partition coefficient (Wildman–Crippen LogP) is 0.141. The fraction of sp³-hybridized carbons (Fsp3) is 0.200. The summed E-state index contributed by atoms with van der Waals surface area (Å²) in [6.45, 7) is 0. The molecule has 2 atom stereocenters. The highest BCUT2D eigenvalue weighted by Gasteiger charge is 2.25. The Labute approximate surface area is 100 Å². The molecular weight excluding hydrogens is 278 g/mol. The normalized spacial score (nSPS) is 14.2. The van der Waals surface area contributed by atoms with E-state index >= 15 is 0 Å². The molecule has 0 radical (unpaired) electrons. The summed E-state index contributed by atoms with van der Waals surface area (Å²) in [5.74, 6) is -1.03. The highest BCUT2D eigenvalue weighted by atomic mass is 79.9. The van der Waals surface area contributed by atoms with Crippen molar-refractivity contribution in [2.24, 2.45) is 5.73 Å². The van der Waals surface area contributed by atoms with Crippen LogP contribution in [0.2, 0.25) is 0 Å². The SMILES string of the molecule is NC(=O)C(O)C(O)c1cccc(C=O)c1Br. The number of aliphatic hydroxyl groups is 2. The van der Waals surface area contributed by atoms with Crippen LogP contribution in [0.25, 0.3) is 0 Å². The van der Waals surface area contributed by atoms with Gasteiger partial charge in [0.25, 0.3) is 0 Å². The van der Waals surface area contributed by atoms with Crippen LogP contribution in [0.4, 0.5) is 0 Å². The zero-order valence-electron chi connectivity index (χ0n) is 8.13. The van der Waals surface area contributed by atoms with E-state index in [1.54, 1.807) is 0 Å². The number of hydrogen-bond acceptors (Lipinski definition) is 4. The van der Waals surface area contributed by atoms with Crippen LogP contribution in [0.5, 0.6) is 0 Å². The molecule has 16 heavy (non-hydrogen) atoms. The molecule has 0 bridgehead atoms. The van der Waals surface area contributed by atoms with E-state index in [0.717, 1.165) is 0 Å². The summed E-state index contributed by atoms with van der Waals surface area (Å²) < 4.78 is 0.331. The zero-order valence-corrected chi connectivity index (χ0v) is 9.72. The third-order valence-electron chi connectivity index (χ3n) is 2.09. The Hall–Kier alpha value is -1.24. The lowest BCUT2D eigenvalue weighted by Gasteiger charge is -2.17.